The molecule has 6 heteroatoms. The highest BCUT2D eigenvalue weighted by Crippen LogP contribution is 2.28. The quantitative estimate of drug-likeness (QED) is 0.568. The normalized spacial score (nSPS) is 17.0. The molecule has 5 nitrogen and oxygen atoms in total. The van der Waals surface area contributed by atoms with E-state index in [1.54, 1.807) is 30.5 Å². The van der Waals surface area contributed by atoms with Gasteiger partial charge in [-0.05, 0) is 53.7 Å². The van der Waals surface area contributed by atoms with Crippen LogP contribution < -0.4 is 5.32 Å². The molecule has 1 aromatic heterocycles. The zero-order chi connectivity index (χ0) is 17.9. The van der Waals surface area contributed by atoms with Crippen molar-refractivity contribution in [3.63, 3.8) is 0 Å². The van der Waals surface area contributed by atoms with Gasteiger partial charge in [-0.1, -0.05) is 24.3 Å². The lowest BCUT2D eigenvalue weighted by atomic mass is 10.1. The Morgan fingerprint density at radius 1 is 1.04 bits per heavy atom. The van der Waals surface area contributed by atoms with Crippen molar-refractivity contribution in [2.45, 2.75) is 0 Å². The topological polar surface area (TPSA) is 71.4 Å². The number of nitrogens with one attached hydrogen (secondary N) is 1. The number of pyridine rings is 1. The van der Waals surface area contributed by atoms with Gasteiger partial charge in [0.05, 0.1) is 16.1 Å². The van der Waals surface area contributed by atoms with Crippen LogP contribution in [0, 0.1) is 0 Å². The van der Waals surface area contributed by atoms with Crippen molar-refractivity contribution in [2.75, 3.05) is 0 Å². The van der Waals surface area contributed by atoms with E-state index in [0.29, 0.717) is 21.3 Å². The van der Waals surface area contributed by atoms with E-state index < -0.39 is 0 Å². The molecule has 1 aliphatic heterocycles. The van der Waals surface area contributed by atoms with E-state index >= 15 is 0 Å². The summed E-state index contributed by atoms with van der Waals surface area (Å²) in [5, 5.41) is 4.26. The van der Waals surface area contributed by atoms with Crippen LogP contribution in [-0.4, -0.2) is 22.3 Å². The predicted molar refractivity (Wildman–Crippen MR) is 104 cm³/mol. The maximum absolute atomic E-state index is 12.2. The fourth-order valence-electron chi connectivity index (χ4n) is 2.60. The van der Waals surface area contributed by atoms with Gasteiger partial charge in [-0.15, -0.1) is 0 Å². The largest absolute Gasteiger partial charge is 0.300 e. The van der Waals surface area contributed by atoms with Crippen molar-refractivity contribution in [1.29, 1.82) is 0 Å². The maximum Gasteiger partial charge on any atom is 0.264 e. The molecule has 0 radical (unpaired) electrons. The molecule has 0 aliphatic carbocycles. The van der Waals surface area contributed by atoms with Gasteiger partial charge in [0.25, 0.3) is 5.91 Å². The van der Waals surface area contributed by atoms with Crippen LogP contribution in [0.4, 0.5) is 5.69 Å². The number of fused-ring (bicyclic) bond motifs is 1. The van der Waals surface area contributed by atoms with Gasteiger partial charge >= 0.3 is 0 Å². The minimum absolute atomic E-state index is 0.188. The number of rotatable bonds is 3. The van der Waals surface area contributed by atoms with E-state index in [2.05, 4.69) is 15.3 Å². The Morgan fingerprint density at radius 3 is 2.85 bits per heavy atom. The van der Waals surface area contributed by atoms with E-state index in [1.807, 2.05) is 36.4 Å². The Balaban J connectivity index is 1.61. The van der Waals surface area contributed by atoms with E-state index in [-0.39, 0.29) is 5.91 Å². The average molecular weight is 359 g/mol. The number of hydrogen-bond acceptors (Lipinski definition) is 5. The van der Waals surface area contributed by atoms with Crippen molar-refractivity contribution in [1.82, 2.24) is 10.3 Å². The van der Waals surface area contributed by atoms with Gasteiger partial charge in [0.15, 0.2) is 5.17 Å². The fourth-order valence-corrected chi connectivity index (χ4v) is 3.44. The molecule has 4 rings (SSSR count). The molecule has 1 aliphatic rings. The Kier molecular flexibility index (Phi) is 4.33. The van der Waals surface area contributed by atoms with Gasteiger partial charge < -0.3 is 5.32 Å². The molecular formula is C20H13N3O2S. The Hall–Kier alpha value is -3.25. The number of benzene rings is 2. The first kappa shape index (κ1) is 16.2. The minimum atomic E-state index is -0.188. The van der Waals surface area contributed by atoms with Crippen LogP contribution in [-0.2, 0) is 4.79 Å². The summed E-state index contributed by atoms with van der Waals surface area (Å²) in [5.41, 5.74) is 3.00. The molecule has 26 heavy (non-hydrogen) atoms. The number of aromatic nitrogens is 1. The Morgan fingerprint density at radius 2 is 1.96 bits per heavy atom. The summed E-state index contributed by atoms with van der Waals surface area (Å²) in [6, 6.07) is 16.6. The molecule has 126 valence electrons. The van der Waals surface area contributed by atoms with Gasteiger partial charge in [0, 0.05) is 17.1 Å². The number of thioether (sulfide) groups is 1. The lowest BCUT2D eigenvalue weighted by molar-refractivity contribution is -0.115. The van der Waals surface area contributed by atoms with E-state index in [0.717, 1.165) is 22.8 Å². The zero-order valence-electron chi connectivity index (χ0n) is 13.5. The number of aliphatic imine (C=N–C) groups is 1. The highest BCUT2D eigenvalue weighted by Gasteiger charge is 2.23. The Labute approximate surface area is 153 Å². The highest BCUT2D eigenvalue weighted by molar-refractivity contribution is 8.18. The summed E-state index contributed by atoms with van der Waals surface area (Å²) in [6.07, 6.45) is 4.35. The van der Waals surface area contributed by atoms with E-state index in [9.17, 15) is 9.59 Å². The van der Waals surface area contributed by atoms with Crippen molar-refractivity contribution in [3.8, 4) is 0 Å². The molecule has 2 aromatic carbocycles. The van der Waals surface area contributed by atoms with E-state index in [4.69, 9.17) is 0 Å². The first-order chi connectivity index (χ1) is 12.7. The van der Waals surface area contributed by atoms with Gasteiger partial charge in [0.2, 0.25) is 0 Å². The molecule has 1 N–H and O–H groups in total. The average Bonchev–Trinajstić information content (AvgIpc) is 3.00. The number of aldehydes is 1. The van der Waals surface area contributed by atoms with Crippen molar-refractivity contribution < 1.29 is 9.59 Å². The van der Waals surface area contributed by atoms with Crippen LogP contribution in [0.15, 0.2) is 70.7 Å². The van der Waals surface area contributed by atoms with Crippen LogP contribution >= 0.6 is 11.8 Å². The van der Waals surface area contributed by atoms with Crippen LogP contribution in [0.1, 0.15) is 15.9 Å². The standard InChI is InChI=1S/C20H13N3O2S/c24-12-14-3-1-5-16(10-14)22-20-23-19(25)18(26-20)11-13-6-7-17-15(9-13)4-2-8-21-17/h1-12H,(H,22,23,25)/b18-11-. The minimum Gasteiger partial charge on any atom is -0.300 e. The first-order valence-electron chi connectivity index (χ1n) is 7.91. The molecule has 2 heterocycles. The van der Waals surface area contributed by atoms with Gasteiger partial charge in [-0.3, -0.25) is 14.6 Å². The molecule has 1 fully saturated rings. The second kappa shape index (κ2) is 6.93. The summed E-state index contributed by atoms with van der Waals surface area (Å²) < 4.78 is 0. The molecule has 1 saturated heterocycles. The lowest BCUT2D eigenvalue weighted by Gasteiger charge is -1.99. The number of carbonyl (C=O) groups is 2. The molecule has 0 unspecified atom stereocenters. The van der Waals surface area contributed by atoms with Gasteiger partial charge in [0.1, 0.15) is 6.29 Å². The second-order valence-electron chi connectivity index (χ2n) is 5.65. The molecule has 1 amide bonds. The first-order valence-corrected chi connectivity index (χ1v) is 8.72. The van der Waals surface area contributed by atoms with Crippen molar-refractivity contribution in [3.05, 3.63) is 76.8 Å². The van der Waals surface area contributed by atoms with Gasteiger partial charge in [-0.2, -0.15) is 0 Å². The molecular weight excluding hydrogens is 346 g/mol. The lowest BCUT2D eigenvalue weighted by Crippen LogP contribution is -2.19. The molecule has 0 spiro atoms. The molecule has 0 saturated carbocycles. The summed E-state index contributed by atoms with van der Waals surface area (Å²) in [5.74, 6) is -0.188. The SMILES string of the molecule is O=Cc1cccc(N=C2NC(=O)/C(=C/c3ccc4ncccc4c3)S2)c1. The van der Waals surface area contributed by atoms with Crippen LogP contribution in [0.3, 0.4) is 0 Å². The monoisotopic (exact) mass is 359 g/mol. The fraction of sp³-hybridized carbons (Fsp3) is 0. The van der Waals surface area contributed by atoms with Gasteiger partial charge in [-0.25, -0.2) is 4.99 Å². The molecule has 0 atom stereocenters. The zero-order valence-corrected chi connectivity index (χ0v) is 14.4. The van der Waals surface area contributed by atoms with Crippen LogP contribution in [0.2, 0.25) is 0 Å². The third kappa shape index (κ3) is 3.41. The molecule has 3 aromatic rings. The second-order valence-corrected chi connectivity index (χ2v) is 6.68. The van der Waals surface area contributed by atoms with Crippen molar-refractivity contribution >= 4 is 51.8 Å². The molecule has 0 bridgehead atoms. The summed E-state index contributed by atoms with van der Waals surface area (Å²) >= 11 is 1.27. The van der Waals surface area contributed by atoms with E-state index in [1.165, 1.54) is 11.8 Å². The summed E-state index contributed by atoms with van der Waals surface area (Å²) in [6.45, 7) is 0. The Bertz CT molecular complexity index is 1090. The van der Waals surface area contributed by atoms with Crippen LogP contribution in [0.5, 0.6) is 0 Å². The number of nitrogens with zero attached hydrogens (tertiary/aromatic N) is 2. The summed E-state index contributed by atoms with van der Waals surface area (Å²) in [4.78, 5) is 32.3. The van der Waals surface area contributed by atoms with Crippen LogP contribution in [0.25, 0.3) is 17.0 Å². The smallest absolute Gasteiger partial charge is 0.264 e. The number of carbonyl (C=O) groups excluding carboxylic acids is 2. The maximum atomic E-state index is 12.2. The third-order valence-electron chi connectivity index (χ3n) is 3.81. The number of amidine groups is 1. The van der Waals surface area contributed by atoms with Crippen molar-refractivity contribution in [2.24, 2.45) is 4.99 Å². The number of hydrogen-bond donors (Lipinski definition) is 1. The number of amides is 1. The predicted octanol–water partition coefficient (Wildman–Crippen LogP) is 3.94. The summed E-state index contributed by atoms with van der Waals surface area (Å²) in [7, 11) is 0. The third-order valence-corrected chi connectivity index (χ3v) is 4.72. The highest BCUT2D eigenvalue weighted by atomic mass is 32.2.